The molecule has 0 amide bonds. The number of hydrogen-bond acceptors (Lipinski definition) is 3. The molecule has 1 aliphatic rings. The van der Waals surface area contributed by atoms with Crippen LogP contribution in [-0.4, -0.2) is 30.7 Å². The van der Waals surface area contributed by atoms with E-state index in [0.29, 0.717) is 11.2 Å². The Morgan fingerprint density at radius 3 is 2.54 bits per heavy atom. The van der Waals surface area contributed by atoms with Crippen LogP contribution in [-0.2, 0) is 5.60 Å². The molecule has 3 N–H and O–H groups in total. The van der Waals surface area contributed by atoms with Crippen molar-refractivity contribution in [2.24, 2.45) is 10.4 Å². The zero-order valence-corrected chi connectivity index (χ0v) is 17.6. The van der Waals surface area contributed by atoms with Gasteiger partial charge in [0.15, 0.2) is 5.96 Å². The van der Waals surface area contributed by atoms with Crippen molar-refractivity contribution < 1.29 is 9.52 Å². The van der Waals surface area contributed by atoms with Crippen molar-refractivity contribution >= 4 is 29.9 Å². The molecule has 1 aromatic rings. The number of rotatable bonds is 6. The predicted octanol–water partition coefficient (Wildman–Crippen LogP) is 3.55. The minimum Gasteiger partial charge on any atom is -0.463 e. The summed E-state index contributed by atoms with van der Waals surface area (Å²) in [7, 11) is 0. The summed E-state index contributed by atoms with van der Waals surface area (Å²) < 4.78 is 5.54. The number of halogens is 1. The number of nitrogens with one attached hydrogen (secondary N) is 2. The van der Waals surface area contributed by atoms with E-state index in [1.54, 1.807) is 6.92 Å². The summed E-state index contributed by atoms with van der Waals surface area (Å²) in [6.07, 6.45) is 5.17. The van der Waals surface area contributed by atoms with Crippen LogP contribution in [0.15, 0.2) is 21.5 Å². The molecule has 1 heterocycles. The quantitative estimate of drug-likeness (QED) is 0.353. The lowest BCUT2D eigenvalue weighted by molar-refractivity contribution is 0.0428. The van der Waals surface area contributed by atoms with Gasteiger partial charge in [0.2, 0.25) is 0 Å². The average molecular weight is 449 g/mol. The van der Waals surface area contributed by atoms with Crippen LogP contribution < -0.4 is 10.6 Å². The summed E-state index contributed by atoms with van der Waals surface area (Å²) in [6, 6.07) is 3.67. The van der Waals surface area contributed by atoms with Gasteiger partial charge in [-0.15, -0.1) is 24.0 Å². The van der Waals surface area contributed by atoms with E-state index in [2.05, 4.69) is 22.5 Å². The highest BCUT2D eigenvalue weighted by molar-refractivity contribution is 14.0. The Balaban J connectivity index is 0.00000288. The smallest absolute Gasteiger partial charge is 0.191 e. The number of aryl methyl sites for hydroxylation is 1. The first-order valence-electron chi connectivity index (χ1n) is 8.66. The second kappa shape index (κ2) is 9.08. The zero-order chi connectivity index (χ0) is 16.9. The highest BCUT2D eigenvalue weighted by atomic mass is 127. The molecule has 0 bridgehead atoms. The molecule has 6 heteroatoms. The molecule has 1 fully saturated rings. The van der Waals surface area contributed by atoms with Gasteiger partial charge in [-0.2, -0.15) is 0 Å². The molecule has 1 saturated carbocycles. The maximum absolute atomic E-state index is 10.6. The first-order chi connectivity index (χ1) is 10.8. The molecule has 2 rings (SSSR count). The Morgan fingerprint density at radius 1 is 1.33 bits per heavy atom. The monoisotopic (exact) mass is 449 g/mol. The molecule has 0 aromatic carbocycles. The van der Waals surface area contributed by atoms with Gasteiger partial charge in [-0.05, 0) is 51.2 Å². The Bertz CT molecular complexity index is 534. The highest BCUT2D eigenvalue weighted by Gasteiger charge is 2.29. The van der Waals surface area contributed by atoms with Crippen molar-refractivity contribution in [2.45, 2.75) is 59.0 Å². The molecule has 1 atom stereocenters. The number of aliphatic imine (C=N–C) groups is 1. The molecular formula is C18H32IN3O2. The minimum atomic E-state index is -1.10. The summed E-state index contributed by atoms with van der Waals surface area (Å²) in [4.78, 5) is 4.55. The van der Waals surface area contributed by atoms with Gasteiger partial charge in [-0.25, -0.2) is 4.99 Å². The molecule has 0 spiro atoms. The maximum Gasteiger partial charge on any atom is 0.191 e. The molecule has 0 saturated heterocycles. The topological polar surface area (TPSA) is 69.8 Å². The van der Waals surface area contributed by atoms with Gasteiger partial charge in [0.05, 0.1) is 6.54 Å². The Morgan fingerprint density at radius 2 is 2.00 bits per heavy atom. The van der Waals surface area contributed by atoms with Crippen molar-refractivity contribution in [3.8, 4) is 0 Å². The van der Waals surface area contributed by atoms with Gasteiger partial charge < -0.3 is 20.2 Å². The lowest BCUT2D eigenvalue weighted by atomic mass is 9.89. The molecule has 0 aliphatic heterocycles. The SMILES string of the molecule is CCNC(=NCC(C)(O)c1ccc(C)o1)NCC1(C)CCCC1.I. The van der Waals surface area contributed by atoms with Crippen molar-refractivity contribution in [3.63, 3.8) is 0 Å². The number of guanidine groups is 1. The van der Waals surface area contributed by atoms with Crippen LogP contribution in [0.5, 0.6) is 0 Å². The predicted molar refractivity (Wildman–Crippen MR) is 109 cm³/mol. The Kier molecular flexibility index (Phi) is 8.05. The van der Waals surface area contributed by atoms with E-state index in [4.69, 9.17) is 4.42 Å². The molecule has 1 aliphatic carbocycles. The first-order valence-corrected chi connectivity index (χ1v) is 8.66. The number of hydrogen-bond donors (Lipinski definition) is 3. The third-order valence-corrected chi connectivity index (χ3v) is 4.65. The number of aliphatic hydroxyl groups is 1. The van der Waals surface area contributed by atoms with Crippen LogP contribution in [0.2, 0.25) is 0 Å². The van der Waals surface area contributed by atoms with Gasteiger partial charge in [-0.1, -0.05) is 19.8 Å². The first kappa shape index (κ1) is 21.3. The Hall–Kier alpha value is -0.760. The van der Waals surface area contributed by atoms with E-state index in [1.165, 1.54) is 25.7 Å². The van der Waals surface area contributed by atoms with E-state index in [0.717, 1.165) is 24.8 Å². The van der Waals surface area contributed by atoms with Crippen LogP contribution in [0.4, 0.5) is 0 Å². The van der Waals surface area contributed by atoms with Gasteiger partial charge in [0.1, 0.15) is 17.1 Å². The van der Waals surface area contributed by atoms with Crippen molar-refractivity contribution in [1.82, 2.24) is 10.6 Å². The normalized spacial score (nSPS) is 19.5. The largest absolute Gasteiger partial charge is 0.463 e. The van der Waals surface area contributed by atoms with Crippen molar-refractivity contribution in [1.29, 1.82) is 0 Å². The summed E-state index contributed by atoms with van der Waals surface area (Å²) in [5.41, 5.74) is -0.745. The van der Waals surface area contributed by atoms with Crippen LogP contribution >= 0.6 is 24.0 Å². The van der Waals surface area contributed by atoms with E-state index in [9.17, 15) is 5.11 Å². The molecule has 5 nitrogen and oxygen atoms in total. The number of furan rings is 1. The second-order valence-electron chi connectivity index (χ2n) is 7.25. The van der Waals surface area contributed by atoms with Crippen LogP contribution in [0, 0.1) is 12.3 Å². The third kappa shape index (κ3) is 5.95. The maximum atomic E-state index is 10.6. The molecule has 1 aromatic heterocycles. The lowest BCUT2D eigenvalue weighted by Gasteiger charge is -2.25. The molecule has 138 valence electrons. The third-order valence-electron chi connectivity index (χ3n) is 4.65. The summed E-state index contributed by atoms with van der Waals surface area (Å²) in [6.45, 7) is 9.95. The fourth-order valence-corrected chi connectivity index (χ4v) is 3.08. The second-order valence-corrected chi connectivity index (χ2v) is 7.25. The van der Waals surface area contributed by atoms with Gasteiger partial charge in [-0.3, -0.25) is 0 Å². The average Bonchev–Trinajstić information content (AvgIpc) is 3.12. The fraction of sp³-hybridized carbons (Fsp3) is 0.722. The highest BCUT2D eigenvalue weighted by Crippen LogP contribution is 2.36. The molecule has 1 unspecified atom stereocenters. The van der Waals surface area contributed by atoms with Crippen LogP contribution in [0.1, 0.15) is 58.0 Å². The minimum absolute atomic E-state index is 0. The van der Waals surface area contributed by atoms with E-state index in [1.807, 2.05) is 26.0 Å². The molecule has 0 radical (unpaired) electrons. The van der Waals surface area contributed by atoms with E-state index < -0.39 is 5.60 Å². The lowest BCUT2D eigenvalue weighted by Crippen LogP contribution is -2.43. The number of nitrogens with zero attached hydrogens (tertiary/aromatic N) is 1. The van der Waals surface area contributed by atoms with Crippen LogP contribution in [0.3, 0.4) is 0 Å². The summed E-state index contributed by atoms with van der Waals surface area (Å²) >= 11 is 0. The van der Waals surface area contributed by atoms with Crippen molar-refractivity contribution in [2.75, 3.05) is 19.6 Å². The Labute approximate surface area is 162 Å². The van der Waals surface area contributed by atoms with Gasteiger partial charge in [0, 0.05) is 13.1 Å². The standard InChI is InChI=1S/C18H31N3O2.HI/c1-5-19-16(20-12-17(3)10-6-7-11-17)21-13-18(4,22)15-9-8-14(2)23-15;/h8-9,22H,5-7,10-13H2,1-4H3,(H2,19,20,21);1H. The van der Waals surface area contributed by atoms with E-state index in [-0.39, 0.29) is 30.5 Å². The van der Waals surface area contributed by atoms with Crippen molar-refractivity contribution in [3.05, 3.63) is 23.7 Å². The fourth-order valence-electron chi connectivity index (χ4n) is 3.08. The summed E-state index contributed by atoms with van der Waals surface area (Å²) in [5.74, 6) is 2.10. The van der Waals surface area contributed by atoms with Crippen LogP contribution in [0.25, 0.3) is 0 Å². The molecular weight excluding hydrogens is 417 g/mol. The van der Waals surface area contributed by atoms with E-state index >= 15 is 0 Å². The van der Waals surface area contributed by atoms with Gasteiger partial charge >= 0.3 is 0 Å². The van der Waals surface area contributed by atoms with Gasteiger partial charge in [0.25, 0.3) is 0 Å². The zero-order valence-electron chi connectivity index (χ0n) is 15.3. The molecule has 24 heavy (non-hydrogen) atoms. The summed E-state index contributed by atoms with van der Waals surface area (Å²) in [5, 5.41) is 17.3.